The molecule has 0 unspecified atom stereocenters. The largest absolute Gasteiger partial charge is 0.465 e. The highest BCUT2D eigenvalue weighted by Crippen LogP contribution is 2.26. The van der Waals surface area contributed by atoms with E-state index in [-0.39, 0.29) is 17.3 Å². The molecule has 1 atom stereocenters. The lowest BCUT2D eigenvalue weighted by molar-refractivity contribution is -0.384. The third-order valence-corrected chi connectivity index (χ3v) is 4.24. The number of esters is 1. The molecule has 9 heteroatoms. The number of nitrogens with zero attached hydrogens (tertiary/aromatic N) is 4. The van der Waals surface area contributed by atoms with Gasteiger partial charge in [-0.3, -0.25) is 10.1 Å². The van der Waals surface area contributed by atoms with Crippen LogP contribution in [0.3, 0.4) is 0 Å². The molecule has 1 aliphatic rings. The predicted molar refractivity (Wildman–Crippen MR) is 95.3 cm³/mol. The number of anilines is 2. The summed E-state index contributed by atoms with van der Waals surface area (Å²) in [5.41, 5.74) is 0.511. The Morgan fingerprint density at radius 2 is 2.15 bits per heavy atom. The molecule has 1 saturated heterocycles. The molecule has 9 nitrogen and oxygen atoms in total. The van der Waals surface area contributed by atoms with Crippen LogP contribution in [0.5, 0.6) is 0 Å². The van der Waals surface area contributed by atoms with Crippen molar-refractivity contribution in [1.29, 1.82) is 0 Å². The van der Waals surface area contributed by atoms with Crippen LogP contribution in [0.2, 0.25) is 0 Å². The maximum absolute atomic E-state index is 12.0. The summed E-state index contributed by atoms with van der Waals surface area (Å²) in [4.78, 5) is 33.1. The van der Waals surface area contributed by atoms with Crippen molar-refractivity contribution in [3.8, 4) is 0 Å². The van der Waals surface area contributed by atoms with E-state index >= 15 is 0 Å². The van der Waals surface area contributed by atoms with Crippen molar-refractivity contribution in [2.75, 3.05) is 30.4 Å². The molecule has 1 aromatic carbocycles. The fourth-order valence-corrected chi connectivity index (χ4v) is 3.00. The van der Waals surface area contributed by atoms with Gasteiger partial charge in [0.1, 0.15) is 0 Å². The minimum atomic E-state index is -0.616. The van der Waals surface area contributed by atoms with Crippen LogP contribution in [0.1, 0.15) is 23.2 Å². The Morgan fingerprint density at radius 1 is 1.38 bits per heavy atom. The highest BCUT2D eigenvalue weighted by Gasteiger charge is 2.24. The van der Waals surface area contributed by atoms with E-state index in [1.54, 1.807) is 24.5 Å². The highest BCUT2D eigenvalue weighted by atomic mass is 16.6. The van der Waals surface area contributed by atoms with Crippen LogP contribution >= 0.6 is 0 Å². The number of nitro benzene ring substituents is 1. The summed E-state index contributed by atoms with van der Waals surface area (Å²) in [6.45, 7) is 1.52. The van der Waals surface area contributed by atoms with Crippen molar-refractivity contribution in [2.45, 2.75) is 18.9 Å². The quantitative estimate of drug-likeness (QED) is 0.493. The monoisotopic (exact) mass is 357 g/mol. The number of piperidine rings is 1. The molecule has 2 aromatic rings. The summed E-state index contributed by atoms with van der Waals surface area (Å²) in [6.07, 6.45) is 5.24. The molecule has 0 saturated carbocycles. The van der Waals surface area contributed by atoms with Gasteiger partial charge >= 0.3 is 5.97 Å². The van der Waals surface area contributed by atoms with E-state index in [0.29, 0.717) is 18.2 Å². The van der Waals surface area contributed by atoms with Gasteiger partial charge in [-0.05, 0) is 25.0 Å². The van der Waals surface area contributed by atoms with Gasteiger partial charge in [0.05, 0.1) is 17.6 Å². The topological polar surface area (TPSA) is 110 Å². The fraction of sp³-hybridized carbons (Fsp3) is 0.353. The maximum Gasteiger partial charge on any atom is 0.340 e. The molecule has 0 aliphatic carbocycles. The molecular formula is C17H19N5O4. The van der Waals surface area contributed by atoms with Gasteiger partial charge in [0.25, 0.3) is 5.69 Å². The zero-order chi connectivity index (χ0) is 18.5. The molecule has 1 fully saturated rings. The number of benzene rings is 1. The number of nitrogens with one attached hydrogen (secondary N) is 1. The SMILES string of the molecule is COC(=O)c1cc([N+](=O)[O-])ccc1N[C@@H]1CCCN(c2ncccn2)C1. The number of nitro groups is 1. The van der Waals surface area contributed by atoms with Gasteiger partial charge in [0.2, 0.25) is 5.95 Å². The summed E-state index contributed by atoms with van der Waals surface area (Å²) >= 11 is 0. The number of non-ortho nitro benzene ring substituents is 1. The van der Waals surface area contributed by atoms with E-state index < -0.39 is 10.9 Å². The molecule has 1 aromatic heterocycles. The summed E-state index contributed by atoms with van der Waals surface area (Å²) in [6, 6.07) is 5.97. The van der Waals surface area contributed by atoms with Crippen LogP contribution < -0.4 is 10.2 Å². The second-order valence-electron chi connectivity index (χ2n) is 5.96. The van der Waals surface area contributed by atoms with E-state index in [2.05, 4.69) is 20.2 Å². The normalized spacial score (nSPS) is 16.8. The van der Waals surface area contributed by atoms with Gasteiger partial charge in [0.15, 0.2) is 0 Å². The molecule has 1 aliphatic heterocycles. The van der Waals surface area contributed by atoms with E-state index in [1.165, 1.54) is 19.2 Å². The summed E-state index contributed by atoms with van der Waals surface area (Å²) < 4.78 is 4.76. The van der Waals surface area contributed by atoms with Crippen LogP contribution in [0, 0.1) is 10.1 Å². The van der Waals surface area contributed by atoms with Crippen molar-refractivity contribution in [1.82, 2.24) is 9.97 Å². The number of carbonyl (C=O) groups excluding carboxylic acids is 1. The lowest BCUT2D eigenvalue weighted by Gasteiger charge is -2.33. The van der Waals surface area contributed by atoms with Crippen LogP contribution in [-0.4, -0.2) is 47.1 Å². The lowest BCUT2D eigenvalue weighted by Crippen LogP contribution is -2.43. The Hall–Kier alpha value is -3.23. The summed E-state index contributed by atoms with van der Waals surface area (Å²) in [5, 5.41) is 14.3. The van der Waals surface area contributed by atoms with Crippen LogP contribution in [0.25, 0.3) is 0 Å². The summed E-state index contributed by atoms with van der Waals surface area (Å²) in [7, 11) is 1.25. The lowest BCUT2D eigenvalue weighted by atomic mass is 10.0. The number of carbonyl (C=O) groups is 1. The molecule has 0 spiro atoms. The van der Waals surface area contributed by atoms with Gasteiger partial charge in [0, 0.05) is 49.3 Å². The van der Waals surface area contributed by atoms with Crippen LogP contribution in [-0.2, 0) is 4.74 Å². The van der Waals surface area contributed by atoms with Gasteiger partial charge in [-0.1, -0.05) is 0 Å². The molecule has 26 heavy (non-hydrogen) atoms. The second kappa shape index (κ2) is 7.77. The van der Waals surface area contributed by atoms with E-state index in [4.69, 9.17) is 4.74 Å². The first-order valence-electron chi connectivity index (χ1n) is 8.23. The van der Waals surface area contributed by atoms with Gasteiger partial charge in [-0.2, -0.15) is 0 Å². The second-order valence-corrected chi connectivity index (χ2v) is 5.96. The van der Waals surface area contributed by atoms with Crippen molar-refractivity contribution >= 4 is 23.3 Å². The van der Waals surface area contributed by atoms with E-state index in [1.807, 2.05) is 0 Å². The van der Waals surface area contributed by atoms with Crippen LogP contribution in [0.4, 0.5) is 17.3 Å². The first-order valence-corrected chi connectivity index (χ1v) is 8.23. The number of hydrogen-bond acceptors (Lipinski definition) is 8. The minimum absolute atomic E-state index is 0.0532. The number of aromatic nitrogens is 2. The van der Waals surface area contributed by atoms with Gasteiger partial charge in [-0.25, -0.2) is 14.8 Å². The Kier molecular flexibility index (Phi) is 5.26. The Morgan fingerprint density at radius 3 is 2.85 bits per heavy atom. The average Bonchev–Trinajstić information content (AvgIpc) is 2.68. The number of rotatable bonds is 5. The average molecular weight is 357 g/mol. The van der Waals surface area contributed by atoms with Gasteiger partial charge < -0.3 is 15.0 Å². The standard InChI is InChI=1S/C17H19N5O4/c1-26-16(23)14-10-13(22(24)25)5-6-15(14)20-12-4-2-9-21(11-12)17-18-7-3-8-19-17/h3,5-8,10,12,20H,2,4,9,11H2,1H3/t12-/m1/s1. The smallest absolute Gasteiger partial charge is 0.340 e. The molecule has 136 valence electrons. The first-order chi connectivity index (χ1) is 12.6. The number of methoxy groups -OCH3 is 1. The Balaban J connectivity index is 1.79. The van der Waals surface area contributed by atoms with Crippen molar-refractivity contribution in [2.24, 2.45) is 0 Å². The maximum atomic E-state index is 12.0. The van der Waals surface area contributed by atoms with Crippen LogP contribution in [0.15, 0.2) is 36.7 Å². The van der Waals surface area contributed by atoms with Crippen molar-refractivity contribution < 1.29 is 14.5 Å². The minimum Gasteiger partial charge on any atom is -0.465 e. The Bertz CT molecular complexity index is 799. The van der Waals surface area contributed by atoms with Crippen molar-refractivity contribution in [3.05, 3.63) is 52.3 Å². The molecule has 1 N–H and O–H groups in total. The molecular weight excluding hydrogens is 338 g/mol. The highest BCUT2D eigenvalue weighted by molar-refractivity contribution is 5.96. The molecule has 0 radical (unpaired) electrons. The molecule has 2 heterocycles. The molecule has 0 amide bonds. The number of hydrogen-bond donors (Lipinski definition) is 1. The number of ether oxygens (including phenoxy) is 1. The first kappa shape index (κ1) is 17.6. The van der Waals surface area contributed by atoms with E-state index in [0.717, 1.165) is 19.4 Å². The predicted octanol–water partition coefficient (Wildman–Crippen LogP) is 2.25. The summed E-state index contributed by atoms with van der Waals surface area (Å²) in [5.74, 6) is 0.0474. The zero-order valence-electron chi connectivity index (χ0n) is 14.3. The third-order valence-electron chi connectivity index (χ3n) is 4.24. The molecule has 0 bridgehead atoms. The van der Waals surface area contributed by atoms with E-state index in [9.17, 15) is 14.9 Å². The van der Waals surface area contributed by atoms with Gasteiger partial charge in [-0.15, -0.1) is 0 Å². The fourth-order valence-electron chi connectivity index (χ4n) is 3.00. The Labute approximate surface area is 150 Å². The molecule has 3 rings (SSSR count). The zero-order valence-corrected chi connectivity index (χ0v) is 14.3. The third kappa shape index (κ3) is 3.88. The van der Waals surface area contributed by atoms with Crippen molar-refractivity contribution in [3.63, 3.8) is 0 Å².